The second-order valence-corrected chi connectivity index (χ2v) is 4.43. The van der Waals surface area contributed by atoms with Gasteiger partial charge in [0.25, 0.3) is 0 Å². The summed E-state index contributed by atoms with van der Waals surface area (Å²) >= 11 is 0. The summed E-state index contributed by atoms with van der Waals surface area (Å²) in [4.78, 5) is 22.8. The molecule has 18 heavy (non-hydrogen) atoms. The monoisotopic (exact) mass is 252 g/mol. The molecule has 1 aliphatic carbocycles. The van der Waals surface area contributed by atoms with E-state index in [1.807, 2.05) is 0 Å². The van der Waals surface area contributed by atoms with Crippen LogP contribution < -0.4 is 11.1 Å². The van der Waals surface area contributed by atoms with Crippen molar-refractivity contribution in [3.05, 3.63) is 29.6 Å². The minimum absolute atomic E-state index is 0.286. The van der Waals surface area contributed by atoms with Crippen LogP contribution in [0.25, 0.3) is 0 Å². The maximum atomic E-state index is 13.6. The highest BCUT2D eigenvalue weighted by Crippen LogP contribution is 2.31. The number of carbonyl (C=O) groups excluding carboxylic acids is 1. The number of carboxylic acids is 1. The van der Waals surface area contributed by atoms with Crippen molar-refractivity contribution in [2.45, 2.75) is 24.8 Å². The molecule has 1 saturated carbocycles. The molecule has 0 radical (unpaired) electrons. The number of halogens is 1. The first kappa shape index (κ1) is 12.5. The number of hydrogen-bond acceptors (Lipinski definition) is 3. The van der Waals surface area contributed by atoms with Gasteiger partial charge in [-0.2, -0.15) is 0 Å². The Hall–Kier alpha value is -1.95. The zero-order valence-corrected chi connectivity index (χ0v) is 9.57. The van der Waals surface area contributed by atoms with Crippen molar-refractivity contribution in [2.24, 2.45) is 5.73 Å². The van der Waals surface area contributed by atoms with Gasteiger partial charge in [0.05, 0.1) is 16.8 Å². The maximum Gasteiger partial charge on any atom is 0.337 e. The molecule has 0 saturated heterocycles. The van der Waals surface area contributed by atoms with E-state index >= 15 is 0 Å². The number of carboxylic acid groups (broad SMARTS) is 1. The van der Waals surface area contributed by atoms with Crippen LogP contribution in [0.4, 0.5) is 10.1 Å². The first-order valence-electron chi connectivity index (χ1n) is 5.56. The molecule has 2 rings (SSSR count). The lowest BCUT2D eigenvalue weighted by Crippen LogP contribution is -2.56. The van der Waals surface area contributed by atoms with Gasteiger partial charge in [-0.3, -0.25) is 4.79 Å². The first-order chi connectivity index (χ1) is 8.44. The van der Waals surface area contributed by atoms with Crippen LogP contribution in [-0.2, 0) is 4.79 Å². The molecule has 0 unspecified atom stereocenters. The highest BCUT2D eigenvalue weighted by Gasteiger charge is 2.40. The molecule has 0 atom stereocenters. The van der Waals surface area contributed by atoms with E-state index in [-0.39, 0.29) is 11.3 Å². The summed E-state index contributed by atoms with van der Waals surface area (Å²) in [7, 11) is 0. The lowest BCUT2D eigenvalue weighted by atomic mass is 9.77. The largest absolute Gasteiger partial charge is 0.478 e. The van der Waals surface area contributed by atoms with E-state index in [1.54, 1.807) is 0 Å². The van der Waals surface area contributed by atoms with E-state index in [0.29, 0.717) is 12.8 Å². The van der Waals surface area contributed by atoms with Gasteiger partial charge in [0.15, 0.2) is 0 Å². The number of carbonyl (C=O) groups is 2. The van der Waals surface area contributed by atoms with Crippen molar-refractivity contribution in [1.82, 2.24) is 0 Å². The Morgan fingerprint density at radius 2 is 2.06 bits per heavy atom. The summed E-state index contributed by atoms with van der Waals surface area (Å²) in [5.41, 5.74) is 4.17. The highest BCUT2D eigenvalue weighted by molar-refractivity contribution is 6.04. The number of rotatable bonds is 3. The number of nitrogens with two attached hydrogens (primary N) is 1. The SMILES string of the molecule is NC1(C(=O)Nc2c(F)cccc2C(=O)O)CCC1. The lowest BCUT2D eigenvalue weighted by molar-refractivity contribution is -0.123. The first-order valence-corrected chi connectivity index (χ1v) is 5.56. The van der Waals surface area contributed by atoms with E-state index in [0.717, 1.165) is 12.5 Å². The molecule has 0 aromatic heterocycles. The highest BCUT2D eigenvalue weighted by atomic mass is 19.1. The summed E-state index contributed by atoms with van der Waals surface area (Å²) in [6, 6.07) is 3.59. The van der Waals surface area contributed by atoms with Crippen molar-refractivity contribution in [3.63, 3.8) is 0 Å². The Labute approximate surface area is 103 Å². The van der Waals surface area contributed by atoms with Crippen LogP contribution in [-0.4, -0.2) is 22.5 Å². The summed E-state index contributed by atoms with van der Waals surface area (Å²) in [5.74, 6) is -2.63. The molecular formula is C12H13FN2O3. The van der Waals surface area contributed by atoms with E-state index in [1.165, 1.54) is 12.1 Å². The number of hydrogen-bond donors (Lipinski definition) is 3. The molecule has 1 amide bonds. The molecule has 1 aromatic rings. The molecular weight excluding hydrogens is 239 g/mol. The average Bonchev–Trinajstić information content (AvgIpc) is 2.28. The van der Waals surface area contributed by atoms with Gasteiger partial charge < -0.3 is 16.2 Å². The Bertz CT molecular complexity index is 512. The Morgan fingerprint density at radius 1 is 1.39 bits per heavy atom. The molecule has 5 nitrogen and oxygen atoms in total. The van der Waals surface area contributed by atoms with Crippen molar-refractivity contribution in [3.8, 4) is 0 Å². The molecule has 6 heteroatoms. The molecule has 0 bridgehead atoms. The topological polar surface area (TPSA) is 92.4 Å². The van der Waals surface area contributed by atoms with Crippen LogP contribution in [0.3, 0.4) is 0 Å². The number of amides is 1. The molecule has 1 aromatic carbocycles. The van der Waals surface area contributed by atoms with Crippen LogP contribution in [0.1, 0.15) is 29.6 Å². The van der Waals surface area contributed by atoms with Crippen LogP contribution in [0.2, 0.25) is 0 Å². The van der Waals surface area contributed by atoms with Gasteiger partial charge in [-0.05, 0) is 31.4 Å². The van der Waals surface area contributed by atoms with Crippen LogP contribution in [0.15, 0.2) is 18.2 Å². The van der Waals surface area contributed by atoms with Gasteiger partial charge in [0.1, 0.15) is 5.82 Å². The number of benzene rings is 1. The van der Waals surface area contributed by atoms with Crippen LogP contribution >= 0.6 is 0 Å². The van der Waals surface area contributed by atoms with E-state index in [9.17, 15) is 14.0 Å². The van der Waals surface area contributed by atoms with E-state index in [4.69, 9.17) is 10.8 Å². The fourth-order valence-corrected chi connectivity index (χ4v) is 1.85. The van der Waals surface area contributed by atoms with Crippen molar-refractivity contribution < 1.29 is 19.1 Å². The standard InChI is InChI=1S/C12H13FN2O3/c13-8-4-1-3-7(10(16)17)9(8)15-11(18)12(14)5-2-6-12/h1,3-4H,2,5-6,14H2,(H,15,18)(H,16,17). The fourth-order valence-electron chi connectivity index (χ4n) is 1.85. The number of anilines is 1. The van der Waals surface area contributed by atoms with Crippen LogP contribution in [0.5, 0.6) is 0 Å². The number of aromatic carboxylic acids is 1. The average molecular weight is 252 g/mol. The third-order valence-corrected chi connectivity index (χ3v) is 3.18. The molecule has 0 spiro atoms. The Kier molecular flexibility index (Phi) is 3.04. The third-order valence-electron chi connectivity index (χ3n) is 3.18. The molecule has 1 fully saturated rings. The molecule has 1 aliphatic rings. The maximum absolute atomic E-state index is 13.6. The molecule has 4 N–H and O–H groups in total. The predicted molar refractivity (Wildman–Crippen MR) is 62.8 cm³/mol. The predicted octanol–water partition coefficient (Wildman–Crippen LogP) is 1.34. The molecule has 96 valence electrons. The minimum Gasteiger partial charge on any atom is -0.478 e. The zero-order chi connectivity index (χ0) is 13.3. The van der Waals surface area contributed by atoms with Gasteiger partial charge in [-0.15, -0.1) is 0 Å². The number of nitrogens with one attached hydrogen (secondary N) is 1. The van der Waals surface area contributed by atoms with Crippen molar-refractivity contribution in [1.29, 1.82) is 0 Å². The minimum atomic E-state index is -1.30. The summed E-state index contributed by atoms with van der Waals surface area (Å²) in [6.07, 6.45) is 1.89. The summed E-state index contributed by atoms with van der Waals surface area (Å²) < 4.78 is 13.6. The van der Waals surface area contributed by atoms with Crippen molar-refractivity contribution >= 4 is 17.6 Å². The third kappa shape index (κ3) is 2.06. The quantitative estimate of drug-likeness (QED) is 0.757. The van der Waals surface area contributed by atoms with Crippen LogP contribution in [0, 0.1) is 5.82 Å². The molecule has 0 aliphatic heterocycles. The van der Waals surface area contributed by atoms with Gasteiger partial charge in [0.2, 0.25) is 5.91 Å². The van der Waals surface area contributed by atoms with Gasteiger partial charge in [-0.1, -0.05) is 6.07 Å². The zero-order valence-electron chi connectivity index (χ0n) is 9.57. The smallest absolute Gasteiger partial charge is 0.337 e. The molecule has 0 heterocycles. The Morgan fingerprint density at radius 3 is 2.56 bits per heavy atom. The normalized spacial score (nSPS) is 16.8. The van der Waals surface area contributed by atoms with Gasteiger partial charge >= 0.3 is 5.97 Å². The fraction of sp³-hybridized carbons (Fsp3) is 0.333. The van der Waals surface area contributed by atoms with Crippen molar-refractivity contribution in [2.75, 3.05) is 5.32 Å². The summed E-state index contributed by atoms with van der Waals surface area (Å²) in [6.45, 7) is 0. The van der Waals surface area contributed by atoms with E-state index < -0.39 is 23.2 Å². The van der Waals surface area contributed by atoms with E-state index in [2.05, 4.69) is 5.32 Å². The summed E-state index contributed by atoms with van der Waals surface area (Å²) in [5, 5.41) is 11.2. The second-order valence-electron chi connectivity index (χ2n) is 4.43. The van der Waals surface area contributed by atoms with Gasteiger partial charge in [-0.25, -0.2) is 9.18 Å². The van der Waals surface area contributed by atoms with Gasteiger partial charge in [0, 0.05) is 0 Å². The lowest BCUT2D eigenvalue weighted by Gasteiger charge is -2.36. The second kappa shape index (κ2) is 4.38. The number of para-hydroxylation sites is 1. The Balaban J connectivity index is 2.28.